The molecular weight excluding hydrogens is 306 g/mol. The van der Waals surface area contributed by atoms with Crippen LogP contribution in [0.3, 0.4) is 0 Å². The number of rotatable bonds is 6. The normalized spacial score (nSPS) is 18.3. The van der Waals surface area contributed by atoms with E-state index in [0.29, 0.717) is 0 Å². The number of nitrogens with zero attached hydrogens (tertiary/aromatic N) is 2. The van der Waals surface area contributed by atoms with E-state index in [0.717, 1.165) is 62.2 Å². The Balaban J connectivity index is 1.50. The molecule has 1 N–H and O–H groups in total. The van der Waals surface area contributed by atoms with Crippen LogP contribution >= 0.6 is 0 Å². The molecule has 24 heavy (non-hydrogen) atoms. The van der Waals surface area contributed by atoms with Crippen LogP contribution in [0, 0.1) is 5.92 Å². The number of nitrogens with one attached hydrogen (secondary N) is 1. The van der Waals surface area contributed by atoms with Crippen LogP contribution in [0.2, 0.25) is 0 Å². The van der Waals surface area contributed by atoms with Gasteiger partial charge in [-0.2, -0.15) is 0 Å². The van der Waals surface area contributed by atoms with Crippen molar-refractivity contribution in [2.45, 2.75) is 19.4 Å². The van der Waals surface area contributed by atoms with Gasteiger partial charge in [0.15, 0.2) is 0 Å². The monoisotopic (exact) mass is 333 g/mol. The summed E-state index contributed by atoms with van der Waals surface area (Å²) in [6, 6.07) is 5.95. The van der Waals surface area contributed by atoms with E-state index in [-0.39, 0.29) is 6.03 Å². The first-order chi connectivity index (χ1) is 11.7. The molecule has 1 aromatic carbocycles. The van der Waals surface area contributed by atoms with E-state index in [1.54, 1.807) is 14.2 Å². The predicted octanol–water partition coefficient (Wildman–Crippen LogP) is 1.94. The van der Waals surface area contributed by atoms with E-state index >= 15 is 0 Å². The van der Waals surface area contributed by atoms with Gasteiger partial charge in [0, 0.05) is 44.8 Å². The number of piperazine rings is 1. The lowest BCUT2D eigenvalue weighted by Gasteiger charge is -2.35. The summed E-state index contributed by atoms with van der Waals surface area (Å²) in [6.07, 6.45) is 2.52. The van der Waals surface area contributed by atoms with E-state index in [9.17, 15) is 4.79 Å². The number of carbonyl (C=O) groups is 1. The predicted molar refractivity (Wildman–Crippen MR) is 92.5 cm³/mol. The van der Waals surface area contributed by atoms with Gasteiger partial charge >= 0.3 is 6.03 Å². The Morgan fingerprint density at radius 3 is 2.54 bits per heavy atom. The van der Waals surface area contributed by atoms with Gasteiger partial charge in [0.2, 0.25) is 0 Å². The lowest BCUT2D eigenvalue weighted by Crippen LogP contribution is -2.51. The van der Waals surface area contributed by atoms with E-state index in [2.05, 4.69) is 10.2 Å². The average Bonchev–Trinajstić information content (AvgIpc) is 3.44. The van der Waals surface area contributed by atoms with Crippen molar-refractivity contribution < 1.29 is 14.3 Å². The zero-order chi connectivity index (χ0) is 16.9. The van der Waals surface area contributed by atoms with Crippen molar-refractivity contribution in [1.82, 2.24) is 15.1 Å². The molecule has 1 aliphatic heterocycles. The van der Waals surface area contributed by atoms with Crippen molar-refractivity contribution in [1.29, 1.82) is 0 Å². The molecular formula is C18H27N3O3. The van der Waals surface area contributed by atoms with Crippen LogP contribution in [0.5, 0.6) is 11.5 Å². The highest BCUT2D eigenvalue weighted by atomic mass is 16.5. The average molecular weight is 333 g/mol. The second-order valence-corrected chi connectivity index (χ2v) is 6.57. The molecule has 0 unspecified atom stereocenters. The standard InChI is InChI=1S/C18H27N3O3/c1-23-16-5-6-17(24-2)15(11-16)13-20-7-9-21(10-8-20)18(22)19-12-14-3-4-14/h5-6,11,14H,3-4,7-10,12-13H2,1-2H3,(H,19,22). The van der Waals surface area contributed by atoms with Crippen LogP contribution in [-0.4, -0.2) is 62.8 Å². The van der Waals surface area contributed by atoms with E-state index < -0.39 is 0 Å². The molecule has 2 amide bonds. The molecule has 0 spiro atoms. The molecule has 1 aliphatic carbocycles. The molecule has 6 heteroatoms. The Morgan fingerprint density at radius 1 is 1.17 bits per heavy atom. The number of methoxy groups -OCH3 is 2. The summed E-state index contributed by atoms with van der Waals surface area (Å²) in [5.41, 5.74) is 1.11. The van der Waals surface area contributed by atoms with Crippen LogP contribution in [0.1, 0.15) is 18.4 Å². The van der Waals surface area contributed by atoms with E-state index in [1.165, 1.54) is 12.8 Å². The summed E-state index contributed by atoms with van der Waals surface area (Å²) < 4.78 is 10.8. The summed E-state index contributed by atoms with van der Waals surface area (Å²) in [5.74, 6) is 2.43. The number of amides is 2. The minimum Gasteiger partial charge on any atom is -0.497 e. The zero-order valence-corrected chi connectivity index (χ0v) is 14.6. The van der Waals surface area contributed by atoms with Gasteiger partial charge in [-0.3, -0.25) is 4.90 Å². The molecule has 1 heterocycles. The molecule has 6 nitrogen and oxygen atoms in total. The fourth-order valence-corrected chi connectivity index (χ4v) is 3.02. The maximum Gasteiger partial charge on any atom is 0.317 e. The highest BCUT2D eigenvalue weighted by Gasteiger charge is 2.25. The minimum atomic E-state index is 0.0838. The molecule has 0 bridgehead atoms. The molecule has 2 fully saturated rings. The molecule has 0 radical (unpaired) electrons. The van der Waals surface area contributed by atoms with Crippen molar-refractivity contribution in [3.05, 3.63) is 23.8 Å². The maximum atomic E-state index is 12.1. The van der Waals surface area contributed by atoms with Crippen LogP contribution < -0.4 is 14.8 Å². The van der Waals surface area contributed by atoms with Crippen LogP contribution in [0.25, 0.3) is 0 Å². The Morgan fingerprint density at radius 2 is 1.92 bits per heavy atom. The third-order valence-corrected chi connectivity index (χ3v) is 4.78. The first-order valence-electron chi connectivity index (χ1n) is 8.65. The van der Waals surface area contributed by atoms with E-state index in [1.807, 2.05) is 23.1 Å². The Labute approximate surface area is 143 Å². The first-order valence-corrected chi connectivity index (χ1v) is 8.65. The van der Waals surface area contributed by atoms with Crippen molar-refractivity contribution in [3.8, 4) is 11.5 Å². The third kappa shape index (κ3) is 4.32. The van der Waals surface area contributed by atoms with Gasteiger partial charge in [-0.05, 0) is 37.0 Å². The van der Waals surface area contributed by atoms with Crippen molar-refractivity contribution in [3.63, 3.8) is 0 Å². The summed E-state index contributed by atoms with van der Waals surface area (Å²) in [6.45, 7) is 4.91. The number of hydrogen-bond acceptors (Lipinski definition) is 4. The minimum absolute atomic E-state index is 0.0838. The van der Waals surface area contributed by atoms with Gasteiger partial charge in [0.05, 0.1) is 14.2 Å². The third-order valence-electron chi connectivity index (χ3n) is 4.78. The van der Waals surface area contributed by atoms with Gasteiger partial charge in [-0.15, -0.1) is 0 Å². The number of ether oxygens (including phenoxy) is 2. The van der Waals surface area contributed by atoms with Crippen molar-refractivity contribution in [2.24, 2.45) is 5.92 Å². The van der Waals surface area contributed by atoms with Crippen LogP contribution in [-0.2, 0) is 6.54 Å². The van der Waals surface area contributed by atoms with Gasteiger partial charge in [-0.25, -0.2) is 4.79 Å². The maximum absolute atomic E-state index is 12.1. The molecule has 132 valence electrons. The topological polar surface area (TPSA) is 54.0 Å². The highest BCUT2D eigenvalue weighted by molar-refractivity contribution is 5.74. The zero-order valence-electron chi connectivity index (χ0n) is 14.6. The summed E-state index contributed by atoms with van der Waals surface area (Å²) in [5, 5.41) is 3.04. The summed E-state index contributed by atoms with van der Waals surface area (Å²) in [7, 11) is 3.36. The molecule has 1 saturated carbocycles. The number of carbonyl (C=O) groups excluding carboxylic acids is 1. The number of urea groups is 1. The molecule has 0 atom stereocenters. The molecule has 0 aromatic heterocycles. The second-order valence-electron chi connectivity index (χ2n) is 6.57. The Bertz CT molecular complexity index is 567. The lowest BCUT2D eigenvalue weighted by atomic mass is 10.1. The largest absolute Gasteiger partial charge is 0.497 e. The summed E-state index contributed by atoms with van der Waals surface area (Å²) in [4.78, 5) is 16.4. The molecule has 2 aliphatic rings. The van der Waals surface area contributed by atoms with Gasteiger partial charge in [0.1, 0.15) is 11.5 Å². The van der Waals surface area contributed by atoms with Crippen molar-refractivity contribution >= 4 is 6.03 Å². The van der Waals surface area contributed by atoms with Crippen LogP contribution in [0.15, 0.2) is 18.2 Å². The van der Waals surface area contributed by atoms with Crippen molar-refractivity contribution in [2.75, 3.05) is 46.9 Å². The fourth-order valence-electron chi connectivity index (χ4n) is 3.02. The lowest BCUT2D eigenvalue weighted by molar-refractivity contribution is 0.134. The van der Waals surface area contributed by atoms with Crippen LogP contribution in [0.4, 0.5) is 4.79 Å². The van der Waals surface area contributed by atoms with E-state index in [4.69, 9.17) is 9.47 Å². The Kier molecular flexibility index (Phi) is 5.45. The SMILES string of the molecule is COc1ccc(OC)c(CN2CCN(C(=O)NCC3CC3)CC2)c1. The smallest absolute Gasteiger partial charge is 0.317 e. The fraction of sp³-hybridized carbons (Fsp3) is 0.611. The molecule has 1 saturated heterocycles. The highest BCUT2D eigenvalue weighted by Crippen LogP contribution is 2.28. The first kappa shape index (κ1) is 16.9. The van der Waals surface area contributed by atoms with Gasteiger partial charge < -0.3 is 19.7 Å². The number of hydrogen-bond donors (Lipinski definition) is 1. The quantitative estimate of drug-likeness (QED) is 0.864. The van der Waals surface area contributed by atoms with Gasteiger partial charge in [-0.1, -0.05) is 0 Å². The second kappa shape index (κ2) is 7.75. The summed E-state index contributed by atoms with van der Waals surface area (Å²) >= 11 is 0. The molecule has 3 rings (SSSR count). The number of benzene rings is 1. The molecule has 1 aromatic rings. The van der Waals surface area contributed by atoms with Gasteiger partial charge in [0.25, 0.3) is 0 Å². The Hall–Kier alpha value is -1.95.